The van der Waals surface area contributed by atoms with Gasteiger partial charge in [-0.2, -0.15) is 0 Å². The second kappa shape index (κ2) is 9.05. The highest BCUT2D eigenvalue weighted by Gasteiger charge is 2.13. The van der Waals surface area contributed by atoms with Crippen molar-refractivity contribution in [3.8, 4) is 11.4 Å². The van der Waals surface area contributed by atoms with Crippen LogP contribution >= 0.6 is 15.9 Å². The zero-order chi connectivity index (χ0) is 20.1. The second-order valence-corrected chi connectivity index (χ2v) is 7.55. The minimum Gasteiger partial charge on any atom is -0.457 e. The summed E-state index contributed by atoms with van der Waals surface area (Å²) >= 11 is 3.51. The Hall–Kier alpha value is -2.92. The summed E-state index contributed by atoms with van der Waals surface area (Å²) in [5.41, 5.74) is 4.58. The van der Waals surface area contributed by atoms with Gasteiger partial charge < -0.3 is 9.30 Å². The lowest BCUT2D eigenvalue weighted by Crippen LogP contribution is -2.05. The first-order valence-electron chi connectivity index (χ1n) is 9.59. The maximum atomic E-state index is 12.4. The number of rotatable bonds is 7. The lowest BCUT2D eigenvalue weighted by atomic mass is 10.1. The van der Waals surface area contributed by atoms with Gasteiger partial charge in [0.15, 0.2) is 0 Å². The van der Waals surface area contributed by atoms with Gasteiger partial charge in [0, 0.05) is 17.4 Å². The number of ether oxygens (including phenoxy) is 1. The molecule has 0 aliphatic heterocycles. The molecule has 0 amide bonds. The number of para-hydroxylation sites is 2. The van der Waals surface area contributed by atoms with E-state index in [9.17, 15) is 4.79 Å². The lowest BCUT2D eigenvalue weighted by Gasteiger charge is -2.09. The lowest BCUT2D eigenvalue weighted by molar-refractivity contribution is 0.0472. The van der Waals surface area contributed by atoms with E-state index in [1.807, 2.05) is 60.7 Å². The van der Waals surface area contributed by atoms with Gasteiger partial charge in [0.2, 0.25) is 0 Å². The number of alkyl halides is 1. The van der Waals surface area contributed by atoms with Crippen LogP contribution in [0.2, 0.25) is 0 Å². The SMILES string of the molecule is O=C(OCc1ccccc1)c1ccc(-c2nc3ccccc3n2CCCBr)cc1. The van der Waals surface area contributed by atoms with Crippen LogP contribution in [-0.4, -0.2) is 20.9 Å². The van der Waals surface area contributed by atoms with Crippen LogP contribution in [0.4, 0.5) is 0 Å². The Kier molecular flexibility index (Phi) is 6.06. The summed E-state index contributed by atoms with van der Waals surface area (Å²) in [6, 6.07) is 25.3. The highest BCUT2D eigenvalue weighted by molar-refractivity contribution is 9.09. The van der Waals surface area contributed by atoms with E-state index in [0.29, 0.717) is 5.56 Å². The van der Waals surface area contributed by atoms with Crippen molar-refractivity contribution in [1.82, 2.24) is 9.55 Å². The summed E-state index contributed by atoms with van der Waals surface area (Å²) in [5, 5.41) is 0.936. The molecule has 3 aromatic carbocycles. The minimum atomic E-state index is -0.326. The van der Waals surface area contributed by atoms with E-state index in [-0.39, 0.29) is 12.6 Å². The van der Waals surface area contributed by atoms with Gasteiger partial charge >= 0.3 is 5.97 Å². The van der Waals surface area contributed by atoms with Crippen molar-refractivity contribution in [1.29, 1.82) is 0 Å². The number of benzene rings is 3. The van der Waals surface area contributed by atoms with Crippen molar-refractivity contribution in [2.24, 2.45) is 0 Å². The minimum absolute atomic E-state index is 0.268. The Morgan fingerprint density at radius 2 is 1.66 bits per heavy atom. The Morgan fingerprint density at radius 1 is 0.931 bits per heavy atom. The van der Waals surface area contributed by atoms with Crippen LogP contribution in [0.5, 0.6) is 0 Å². The third-order valence-electron chi connectivity index (χ3n) is 4.76. The van der Waals surface area contributed by atoms with E-state index in [4.69, 9.17) is 9.72 Å². The molecule has 0 saturated carbocycles. The van der Waals surface area contributed by atoms with Gasteiger partial charge in [0.05, 0.1) is 16.6 Å². The van der Waals surface area contributed by atoms with Crippen LogP contribution in [0.15, 0.2) is 78.9 Å². The van der Waals surface area contributed by atoms with Crippen LogP contribution in [0.3, 0.4) is 0 Å². The largest absolute Gasteiger partial charge is 0.457 e. The first kappa shape index (κ1) is 19.4. The number of nitrogens with zero attached hydrogens (tertiary/aromatic N) is 2. The molecular formula is C24H21BrN2O2. The number of imidazole rings is 1. The van der Waals surface area contributed by atoms with E-state index in [1.54, 1.807) is 12.1 Å². The summed E-state index contributed by atoms with van der Waals surface area (Å²) in [7, 11) is 0. The quantitative estimate of drug-likeness (QED) is 0.263. The van der Waals surface area contributed by atoms with Crippen molar-refractivity contribution in [2.75, 3.05) is 5.33 Å². The molecule has 4 aromatic rings. The number of esters is 1. The van der Waals surface area contributed by atoms with Crippen LogP contribution in [0.1, 0.15) is 22.3 Å². The third-order valence-corrected chi connectivity index (χ3v) is 5.32. The van der Waals surface area contributed by atoms with Crippen molar-refractivity contribution < 1.29 is 9.53 Å². The van der Waals surface area contributed by atoms with Gasteiger partial charge in [0.25, 0.3) is 0 Å². The number of halogens is 1. The summed E-state index contributed by atoms with van der Waals surface area (Å²) in [6.07, 6.45) is 1.01. The molecule has 0 bridgehead atoms. The topological polar surface area (TPSA) is 44.1 Å². The summed E-state index contributed by atoms with van der Waals surface area (Å²) in [6.45, 7) is 1.14. The van der Waals surface area contributed by atoms with Gasteiger partial charge in [-0.25, -0.2) is 9.78 Å². The highest BCUT2D eigenvalue weighted by atomic mass is 79.9. The monoisotopic (exact) mass is 448 g/mol. The molecule has 0 spiro atoms. The smallest absolute Gasteiger partial charge is 0.338 e. The van der Waals surface area contributed by atoms with Crippen molar-refractivity contribution in [2.45, 2.75) is 19.6 Å². The fraction of sp³-hybridized carbons (Fsp3) is 0.167. The zero-order valence-corrected chi connectivity index (χ0v) is 17.5. The van der Waals surface area contributed by atoms with Crippen LogP contribution < -0.4 is 0 Å². The van der Waals surface area contributed by atoms with E-state index in [1.165, 1.54) is 0 Å². The number of hydrogen-bond acceptors (Lipinski definition) is 3. The summed E-state index contributed by atoms with van der Waals surface area (Å²) in [4.78, 5) is 17.2. The summed E-state index contributed by atoms with van der Waals surface area (Å²) < 4.78 is 7.66. The first-order chi connectivity index (χ1) is 14.3. The van der Waals surface area contributed by atoms with Gasteiger partial charge in [0.1, 0.15) is 12.4 Å². The van der Waals surface area contributed by atoms with Crippen LogP contribution in [-0.2, 0) is 17.9 Å². The molecule has 0 radical (unpaired) electrons. The number of aromatic nitrogens is 2. The Balaban J connectivity index is 1.55. The van der Waals surface area contributed by atoms with Gasteiger partial charge in [-0.05, 0) is 36.2 Å². The number of hydrogen-bond donors (Lipinski definition) is 0. The van der Waals surface area contributed by atoms with E-state index in [2.05, 4.69) is 26.6 Å². The molecule has 0 unspecified atom stereocenters. The molecule has 4 rings (SSSR count). The molecule has 1 aromatic heterocycles. The maximum absolute atomic E-state index is 12.4. The molecule has 0 fully saturated rings. The van der Waals surface area contributed by atoms with Gasteiger partial charge in [-0.1, -0.05) is 70.5 Å². The predicted octanol–water partition coefficient (Wildman–Crippen LogP) is 5.85. The molecule has 0 atom stereocenters. The van der Waals surface area contributed by atoms with E-state index in [0.717, 1.165) is 46.3 Å². The van der Waals surface area contributed by atoms with Gasteiger partial charge in [-0.15, -0.1) is 0 Å². The highest BCUT2D eigenvalue weighted by Crippen LogP contribution is 2.26. The van der Waals surface area contributed by atoms with E-state index >= 15 is 0 Å². The summed E-state index contributed by atoms with van der Waals surface area (Å²) in [5.74, 6) is 0.588. The number of carbonyl (C=O) groups excluding carboxylic acids is 1. The molecule has 5 heteroatoms. The normalized spacial score (nSPS) is 10.9. The third kappa shape index (κ3) is 4.40. The molecule has 0 saturated heterocycles. The van der Waals surface area contributed by atoms with Crippen molar-refractivity contribution in [3.63, 3.8) is 0 Å². The average molecular weight is 449 g/mol. The van der Waals surface area contributed by atoms with Crippen LogP contribution in [0, 0.1) is 0 Å². The van der Waals surface area contributed by atoms with Crippen molar-refractivity contribution >= 4 is 32.9 Å². The molecule has 146 valence electrons. The molecule has 0 aliphatic rings. The van der Waals surface area contributed by atoms with Gasteiger partial charge in [-0.3, -0.25) is 0 Å². The number of fused-ring (bicyclic) bond motifs is 1. The molecule has 0 N–H and O–H groups in total. The Bertz CT molecular complexity index is 1100. The Morgan fingerprint density at radius 3 is 2.41 bits per heavy atom. The molecule has 1 heterocycles. The number of carbonyl (C=O) groups is 1. The fourth-order valence-corrected chi connectivity index (χ4v) is 3.55. The average Bonchev–Trinajstić information content (AvgIpc) is 3.15. The maximum Gasteiger partial charge on any atom is 0.338 e. The molecular weight excluding hydrogens is 428 g/mol. The molecule has 4 nitrogen and oxygen atoms in total. The van der Waals surface area contributed by atoms with Crippen molar-refractivity contribution in [3.05, 3.63) is 90.0 Å². The van der Waals surface area contributed by atoms with Crippen LogP contribution in [0.25, 0.3) is 22.4 Å². The molecule has 0 aliphatic carbocycles. The second-order valence-electron chi connectivity index (χ2n) is 6.76. The van der Waals surface area contributed by atoms with E-state index < -0.39 is 0 Å². The zero-order valence-electron chi connectivity index (χ0n) is 15.9. The fourth-order valence-electron chi connectivity index (χ4n) is 3.30. The standard InChI is InChI=1S/C24H21BrN2O2/c25-15-6-16-27-22-10-5-4-9-21(22)26-23(27)19-11-13-20(14-12-19)24(28)29-17-18-7-2-1-3-8-18/h1-5,7-14H,6,15-17H2. The number of aryl methyl sites for hydroxylation is 1. The molecule has 29 heavy (non-hydrogen) atoms. The Labute approximate surface area is 178 Å². The predicted molar refractivity (Wildman–Crippen MR) is 119 cm³/mol. The first-order valence-corrected chi connectivity index (χ1v) is 10.7.